The van der Waals surface area contributed by atoms with Gasteiger partial charge in [0.1, 0.15) is 6.61 Å². The Balaban J connectivity index is 1.43. The fourth-order valence-electron chi connectivity index (χ4n) is 4.67. The normalized spacial score (nSPS) is 17.3. The second-order valence-corrected chi connectivity index (χ2v) is 8.32. The van der Waals surface area contributed by atoms with Crippen molar-refractivity contribution in [3.05, 3.63) is 88.2 Å². The van der Waals surface area contributed by atoms with Gasteiger partial charge in [0.2, 0.25) is 0 Å². The molecule has 1 amide bonds. The van der Waals surface area contributed by atoms with Crippen molar-refractivity contribution in [3.8, 4) is 11.5 Å². The Hall–Kier alpha value is -3.34. The van der Waals surface area contributed by atoms with Crippen molar-refractivity contribution in [1.29, 1.82) is 0 Å². The molecule has 5 heteroatoms. The zero-order chi connectivity index (χ0) is 21.4. The zero-order valence-corrected chi connectivity index (χ0v) is 17.9. The molecule has 0 spiro atoms. The highest BCUT2D eigenvalue weighted by atomic mass is 16.5. The van der Waals surface area contributed by atoms with E-state index < -0.39 is 0 Å². The molecule has 0 saturated carbocycles. The molecule has 0 unspecified atom stereocenters. The lowest BCUT2D eigenvalue weighted by Crippen LogP contribution is -2.43. The third-order valence-corrected chi connectivity index (χ3v) is 6.30. The van der Waals surface area contributed by atoms with Crippen LogP contribution >= 0.6 is 0 Å². The lowest BCUT2D eigenvalue weighted by Gasteiger charge is -2.35. The van der Waals surface area contributed by atoms with Gasteiger partial charge in [-0.15, -0.1) is 0 Å². The van der Waals surface area contributed by atoms with Crippen molar-refractivity contribution in [2.24, 2.45) is 0 Å². The molecule has 0 fully saturated rings. The fraction of sp³-hybridized carbons (Fsp3) is 0.308. The van der Waals surface area contributed by atoms with E-state index in [-0.39, 0.29) is 11.9 Å². The van der Waals surface area contributed by atoms with Crippen LogP contribution in [0.3, 0.4) is 0 Å². The summed E-state index contributed by atoms with van der Waals surface area (Å²) in [6, 6.07) is 18.4. The van der Waals surface area contributed by atoms with Gasteiger partial charge < -0.3 is 14.4 Å². The van der Waals surface area contributed by atoms with Gasteiger partial charge in [-0.3, -0.25) is 9.78 Å². The average molecular weight is 415 g/mol. The molecular formula is C26H26N2O3. The molecule has 2 aliphatic heterocycles. The third kappa shape index (κ3) is 3.76. The second kappa shape index (κ2) is 8.06. The number of carbonyl (C=O) groups is 1. The number of methoxy groups -OCH3 is 1. The summed E-state index contributed by atoms with van der Waals surface area (Å²) in [5, 5.41) is 0. The van der Waals surface area contributed by atoms with Gasteiger partial charge in [0, 0.05) is 23.8 Å². The van der Waals surface area contributed by atoms with E-state index in [0.29, 0.717) is 24.7 Å². The largest absolute Gasteiger partial charge is 0.493 e. The predicted octanol–water partition coefficient (Wildman–Crippen LogP) is 4.49. The molecule has 0 radical (unpaired) electrons. The average Bonchev–Trinajstić information content (AvgIpc) is 2.92. The number of rotatable bonds is 4. The molecule has 0 aliphatic carbocycles. The summed E-state index contributed by atoms with van der Waals surface area (Å²) in [5.74, 6) is 1.31. The van der Waals surface area contributed by atoms with Crippen LogP contribution in [0.5, 0.6) is 11.5 Å². The first-order valence-corrected chi connectivity index (χ1v) is 10.8. The van der Waals surface area contributed by atoms with Crippen LogP contribution in [0.1, 0.15) is 44.9 Å². The number of aromatic nitrogens is 1. The predicted molar refractivity (Wildman–Crippen MR) is 118 cm³/mol. The van der Waals surface area contributed by atoms with Crippen molar-refractivity contribution >= 4 is 5.91 Å². The minimum Gasteiger partial charge on any atom is -0.493 e. The van der Waals surface area contributed by atoms with E-state index in [2.05, 4.69) is 23.2 Å². The summed E-state index contributed by atoms with van der Waals surface area (Å²) >= 11 is 0. The molecule has 0 saturated heterocycles. The SMILES string of the molecule is COc1cc2c(cc1OCc1cccc(C)n1)CC[C@@H]1Cc3ccccc3CN1C2=O. The van der Waals surface area contributed by atoms with Crippen LogP contribution in [0.4, 0.5) is 0 Å². The fourth-order valence-corrected chi connectivity index (χ4v) is 4.67. The van der Waals surface area contributed by atoms with Crippen molar-refractivity contribution in [2.45, 2.75) is 45.4 Å². The summed E-state index contributed by atoms with van der Waals surface area (Å²) in [5.41, 5.74) is 6.17. The molecule has 3 heterocycles. The second-order valence-electron chi connectivity index (χ2n) is 8.32. The highest BCUT2D eigenvalue weighted by molar-refractivity contribution is 5.97. The number of nitrogens with zero attached hydrogens (tertiary/aromatic N) is 2. The monoisotopic (exact) mass is 414 g/mol. The number of aryl methyl sites for hydroxylation is 2. The van der Waals surface area contributed by atoms with Crippen molar-refractivity contribution in [1.82, 2.24) is 9.88 Å². The highest BCUT2D eigenvalue weighted by Gasteiger charge is 2.34. The Morgan fingerprint density at radius 1 is 1.03 bits per heavy atom. The molecule has 3 aromatic rings. The Morgan fingerprint density at radius 2 is 1.87 bits per heavy atom. The molecule has 5 nitrogen and oxygen atoms in total. The van der Waals surface area contributed by atoms with E-state index in [9.17, 15) is 4.79 Å². The third-order valence-electron chi connectivity index (χ3n) is 6.30. The molecular weight excluding hydrogens is 388 g/mol. The van der Waals surface area contributed by atoms with Gasteiger partial charge in [-0.05, 0) is 67.1 Å². The molecule has 1 aromatic heterocycles. The number of benzene rings is 2. The van der Waals surface area contributed by atoms with Gasteiger partial charge in [-0.2, -0.15) is 0 Å². The number of hydrogen-bond acceptors (Lipinski definition) is 4. The number of carbonyl (C=O) groups excluding carboxylic acids is 1. The first-order valence-electron chi connectivity index (χ1n) is 10.8. The van der Waals surface area contributed by atoms with Crippen LogP contribution in [0.2, 0.25) is 0 Å². The van der Waals surface area contributed by atoms with Gasteiger partial charge >= 0.3 is 0 Å². The van der Waals surface area contributed by atoms with Crippen LogP contribution in [-0.4, -0.2) is 28.9 Å². The topological polar surface area (TPSA) is 51.7 Å². The number of ether oxygens (including phenoxy) is 2. The Bertz CT molecular complexity index is 1140. The molecule has 0 N–H and O–H groups in total. The lowest BCUT2D eigenvalue weighted by atomic mass is 9.92. The Morgan fingerprint density at radius 3 is 2.68 bits per heavy atom. The lowest BCUT2D eigenvalue weighted by molar-refractivity contribution is 0.0642. The molecule has 1 atom stereocenters. The van der Waals surface area contributed by atoms with Gasteiger partial charge in [0.05, 0.1) is 12.8 Å². The molecule has 2 aromatic carbocycles. The quantitative estimate of drug-likeness (QED) is 0.631. The first-order chi connectivity index (χ1) is 15.1. The molecule has 31 heavy (non-hydrogen) atoms. The number of fused-ring (bicyclic) bond motifs is 3. The Labute approximate surface area is 182 Å². The maximum absolute atomic E-state index is 13.5. The van der Waals surface area contributed by atoms with Crippen LogP contribution in [-0.2, 0) is 26.0 Å². The van der Waals surface area contributed by atoms with E-state index in [1.165, 1.54) is 11.1 Å². The minimum absolute atomic E-state index is 0.0807. The summed E-state index contributed by atoms with van der Waals surface area (Å²) < 4.78 is 11.7. The first kappa shape index (κ1) is 19.6. The molecule has 5 rings (SSSR count). The van der Waals surface area contributed by atoms with Crippen LogP contribution in [0.15, 0.2) is 54.6 Å². The molecule has 158 valence electrons. The number of pyridine rings is 1. The summed E-state index contributed by atoms with van der Waals surface area (Å²) in [6.45, 7) is 2.98. The minimum atomic E-state index is 0.0807. The standard InChI is InChI=1S/C26H26N2O3/c1-17-6-5-9-21(27-17)16-31-25-13-19-10-11-22-12-18-7-3-4-8-20(18)15-28(22)26(29)23(19)14-24(25)30-2/h3-9,13-14,22H,10-12,15-16H2,1-2H3/t22-/m1/s1. The number of hydrogen-bond donors (Lipinski definition) is 0. The maximum Gasteiger partial charge on any atom is 0.254 e. The molecule has 2 aliphatic rings. The van der Waals surface area contributed by atoms with Crippen LogP contribution in [0.25, 0.3) is 0 Å². The van der Waals surface area contributed by atoms with Crippen LogP contribution < -0.4 is 9.47 Å². The van der Waals surface area contributed by atoms with E-state index in [1.54, 1.807) is 7.11 Å². The number of amides is 1. The smallest absolute Gasteiger partial charge is 0.254 e. The zero-order valence-electron chi connectivity index (χ0n) is 17.9. The molecule has 0 bridgehead atoms. The summed E-state index contributed by atoms with van der Waals surface area (Å²) in [4.78, 5) is 20.0. The maximum atomic E-state index is 13.5. The van der Waals surface area contributed by atoms with E-state index >= 15 is 0 Å². The van der Waals surface area contributed by atoms with Gasteiger partial charge in [-0.25, -0.2) is 0 Å². The van der Waals surface area contributed by atoms with Gasteiger partial charge in [0.25, 0.3) is 5.91 Å². The summed E-state index contributed by atoms with van der Waals surface area (Å²) in [7, 11) is 1.61. The van der Waals surface area contributed by atoms with Crippen molar-refractivity contribution < 1.29 is 14.3 Å². The van der Waals surface area contributed by atoms with Gasteiger partial charge in [0.15, 0.2) is 11.5 Å². The van der Waals surface area contributed by atoms with E-state index in [0.717, 1.165) is 41.8 Å². The van der Waals surface area contributed by atoms with Gasteiger partial charge in [-0.1, -0.05) is 30.3 Å². The summed E-state index contributed by atoms with van der Waals surface area (Å²) in [6.07, 6.45) is 2.70. The van der Waals surface area contributed by atoms with E-state index in [1.807, 2.05) is 48.2 Å². The van der Waals surface area contributed by atoms with Crippen molar-refractivity contribution in [2.75, 3.05) is 7.11 Å². The van der Waals surface area contributed by atoms with E-state index in [4.69, 9.17) is 9.47 Å². The highest BCUT2D eigenvalue weighted by Crippen LogP contribution is 2.37. The Kier molecular flexibility index (Phi) is 5.10. The van der Waals surface area contributed by atoms with Crippen molar-refractivity contribution in [3.63, 3.8) is 0 Å². The van der Waals surface area contributed by atoms with Crippen LogP contribution in [0, 0.1) is 6.92 Å².